The molecule has 2 N–H and O–H groups in total. The highest BCUT2D eigenvalue weighted by Gasteiger charge is 2.47. The Labute approximate surface area is 129 Å². The molecule has 0 bridgehead atoms. The van der Waals surface area contributed by atoms with Crippen LogP contribution in [-0.4, -0.2) is 35.7 Å². The third-order valence-electron chi connectivity index (χ3n) is 4.88. The molecule has 0 aromatic heterocycles. The van der Waals surface area contributed by atoms with Gasteiger partial charge in [-0.05, 0) is 70.3 Å². The molecule has 21 heavy (non-hydrogen) atoms. The fraction of sp³-hybridized carbons (Fsp3) is 0.941. The first kappa shape index (κ1) is 16.6. The lowest BCUT2D eigenvalue weighted by Crippen LogP contribution is -2.52. The molecule has 0 spiro atoms. The summed E-state index contributed by atoms with van der Waals surface area (Å²) in [7, 11) is 0. The Balaban J connectivity index is 2.08. The van der Waals surface area contributed by atoms with Crippen molar-refractivity contribution in [1.29, 1.82) is 0 Å². The molecule has 1 aliphatic carbocycles. The van der Waals surface area contributed by atoms with Crippen molar-refractivity contribution in [1.82, 2.24) is 4.90 Å². The number of hydrogen-bond donors (Lipinski definition) is 1. The van der Waals surface area contributed by atoms with Crippen LogP contribution in [0.15, 0.2) is 0 Å². The van der Waals surface area contributed by atoms with E-state index in [1.807, 2.05) is 25.7 Å². The highest BCUT2D eigenvalue weighted by molar-refractivity contribution is 5.68. The van der Waals surface area contributed by atoms with E-state index in [1.54, 1.807) is 0 Å². The van der Waals surface area contributed by atoms with Crippen molar-refractivity contribution in [2.45, 2.75) is 78.4 Å². The van der Waals surface area contributed by atoms with E-state index in [0.29, 0.717) is 11.5 Å². The van der Waals surface area contributed by atoms with E-state index < -0.39 is 5.60 Å². The van der Waals surface area contributed by atoms with Crippen LogP contribution in [0, 0.1) is 10.8 Å². The lowest BCUT2D eigenvalue weighted by Gasteiger charge is -2.45. The molecule has 2 fully saturated rings. The number of carbonyl (C=O) groups is 1. The van der Waals surface area contributed by atoms with Gasteiger partial charge in [0, 0.05) is 12.6 Å². The molecule has 4 nitrogen and oxygen atoms in total. The van der Waals surface area contributed by atoms with E-state index >= 15 is 0 Å². The van der Waals surface area contributed by atoms with Crippen LogP contribution in [0.5, 0.6) is 0 Å². The molecule has 122 valence electrons. The second kappa shape index (κ2) is 5.45. The number of amides is 1. The molecule has 4 heteroatoms. The summed E-state index contributed by atoms with van der Waals surface area (Å²) in [5, 5.41) is 0. The van der Waals surface area contributed by atoms with Crippen LogP contribution in [0.4, 0.5) is 4.79 Å². The third-order valence-corrected chi connectivity index (χ3v) is 4.88. The predicted octanol–water partition coefficient (Wildman–Crippen LogP) is 3.54. The quantitative estimate of drug-likeness (QED) is 0.866. The zero-order valence-electron chi connectivity index (χ0n) is 14.4. The van der Waals surface area contributed by atoms with E-state index in [4.69, 9.17) is 10.5 Å². The summed E-state index contributed by atoms with van der Waals surface area (Å²) in [5.74, 6) is 0. The molecule has 1 aliphatic heterocycles. The molecule has 0 aromatic rings. The zero-order valence-corrected chi connectivity index (χ0v) is 14.4. The normalized spacial score (nSPS) is 27.3. The van der Waals surface area contributed by atoms with E-state index in [0.717, 1.165) is 32.4 Å². The van der Waals surface area contributed by atoms with Crippen molar-refractivity contribution in [2.24, 2.45) is 16.6 Å². The van der Waals surface area contributed by atoms with Gasteiger partial charge in [-0.1, -0.05) is 13.8 Å². The Kier molecular flexibility index (Phi) is 4.31. The van der Waals surface area contributed by atoms with E-state index in [-0.39, 0.29) is 11.5 Å². The summed E-state index contributed by atoms with van der Waals surface area (Å²) >= 11 is 0. The molecule has 2 aliphatic rings. The van der Waals surface area contributed by atoms with Crippen LogP contribution in [0.2, 0.25) is 0 Å². The zero-order chi connectivity index (χ0) is 15.9. The standard InChI is InChI=1S/C17H32N2O2/c1-15(2,3)21-14(20)19-12-16(4,5)7-6-13(19)10-17(11-18)8-9-17/h13H,6-12,18H2,1-5H3. The first-order chi connectivity index (χ1) is 9.56. The third kappa shape index (κ3) is 4.35. The van der Waals surface area contributed by atoms with Crippen LogP contribution in [0.3, 0.4) is 0 Å². The summed E-state index contributed by atoms with van der Waals surface area (Å²) in [6.07, 6.45) is 5.54. The second-order valence-corrected chi connectivity index (χ2v) is 8.87. The number of likely N-dealkylation sites (tertiary alicyclic amines) is 1. The van der Waals surface area contributed by atoms with Crippen LogP contribution < -0.4 is 5.73 Å². The van der Waals surface area contributed by atoms with Crippen molar-refractivity contribution in [3.8, 4) is 0 Å². The van der Waals surface area contributed by atoms with Gasteiger partial charge in [-0.25, -0.2) is 4.79 Å². The van der Waals surface area contributed by atoms with Gasteiger partial charge in [-0.15, -0.1) is 0 Å². The molecule has 0 radical (unpaired) electrons. The lowest BCUT2D eigenvalue weighted by atomic mass is 9.79. The molecule has 1 saturated heterocycles. The van der Waals surface area contributed by atoms with Gasteiger partial charge in [-0.2, -0.15) is 0 Å². The lowest BCUT2D eigenvalue weighted by molar-refractivity contribution is -0.0118. The number of nitrogens with two attached hydrogens (primary N) is 1. The Morgan fingerprint density at radius 2 is 1.90 bits per heavy atom. The highest BCUT2D eigenvalue weighted by Crippen LogP contribution is 2.50. The highest BCUT2D eigenvalue weighted by atomic mass is 16.6. The Hall–Kier alpha value is -0.770. The fourth-order valence-electron chi connectivity index (χ4n) is 3.30. The number of piperidine rings is 1. The smallest absolute Gasteiger partial charge is 0.410 e. The van der Waals surface area contributed by atoms with Crippen LogP contribution in [-0.2, 0) is 4.74 Å². The second-order valence-electron chi connectivity index (χ2n) is 8.87. The average Bonchev–Trinajstić information content (AvgIpc) is 3.09. The molecule has 1 heterocycles. The molecule has 2 rings (SSSR count). The van der Waals surface area contributed by atoms with Gasteiger partial charge in [-0.3, -0.25) is 0 Å². The number of hydrogen-bond acceptors (Lipinski definition) is 3. The average molecular weight is 296 g/mol. The molecule has 0 aromatic carbocycles. The largest absolute Gasteiger partial charge is 0.444 e. The van der Waals surface area contributed by atoms with Gasteiger partial charge in [0.1, 0.15) is 5.60 Å². The maximum Gasteiger partial charge on any atom is 0.410 e. The summed E-state index contributed by atoms with van der Waals surface area (Å²) < 4.78 is 5.63. The Morgan fingerprint density at radius 1 is 1.29 bits per heavy atom. The maximum atomic E-state index is 12.6. The number of nitrogens with zero attached hydrogens (tertiary/aromatic N) is 1. The summed E-state index contributed by atoms with van der Waals surface area (Å²) in [4.78, 5) is 14.6. The maximum absolute atomic E-state index is 12.6. The molecule has 1 atom stereocenters. The minimum atomic E-state index is -0.436. The van der Waals surface area contributed by atoms with Gasteiger partial charge in [0.05, 0.1) is 0 Å². The minimum absolute atomic E-state index is 0.159. The number of ether oxygens (including phenoxy) is 1. The summed E-state index contributed by atoms with van der Waals surface area (Å²) in [5.41, 5.74) is 5.96. The molecular weight excluding hydrogens is 264 g/mol. The molecule has 1 unspecified atom stereocenters. The Bertz CT molecular complexity index is 394. The Morgan fingerprint density at radius 3 is 2.38 bits per heavy atom. The predicted molar refractivity (Wildman–Crippen MR) is 85.1 cm³/mol. The van der Waals surface area contributed by atoms with Crippen LogP contribution in [0.1, 0.15) is 66.7 Å². The first-order valence-corrected chi connectivity index (χ1v) is 8.26. The van der Waals surface area contributed by atoms with Crippen LogP contribution >= 0.6 is 0 Å². The topological polar surface area (TPSA) is 55.6 Å². The van der Waals surface area contributed by atoms with Crippen molar-refractivity contribution in [3.05, 3.63) is 0 Å². The van der Waals surface area contributed by atoms with Gasteiger partial charge in [0.15, 0.2) is 0 Å². The summed E-state index contributed by atoms with van der Waals surface area (Å²) in [6.45, 7) is 11.8. The van der Waals surface area contributed by atoms with E-state index in [2.05, 4.69) is 13.8 Å². The number of carbonyl (C=O) groups excluding carboxylic acids is 1. The van der Waals surface area contributed by atoms with Crippen molar-refractivity contribution in [3.63, 3.8) is 0 Å². The fourth-order valence-corrected chi connectivity index (χ4v) is 3.30. The van der Waals surface area contributed by atoms with E-state index in [9.17, 15) is 4.79 Å². The first-order valence-electron chi connectivity index (χ1n) is 8.26. The number of rotatable bonds is 3. The van der Waals surface area contributed by atoms with Crippen LogP contribution in [0.25, 0.3) is 0 Å². The molecular formula is C17H32N2O2. The van der Waals surface area contributed by atoms with Gasteiger partial charge < -0.3 is 15.4 Å². The molecule has 1 amide bonds. The summed E-state index contributed by atoms with van der Waals surface area (Å²) in [6, 6.07) is 0.291. The van der Waals surface area contributed by atoms with Gasteiger partial charge >= 0.3 is 6.09 Å². The van der Waals surface area contributed by atoms with Gasteiger partial charge in [0.25, 0.3) is 0 Å². The molecule has 1 saturated carbocycles. The van der Waals surface area contributed by atoms with Crippen molar-refractivity contribution < 1.29 is 9.53 Å². The monoisotopic (exact) mass is 296 g/mol. The van der Waals surface area contributed by atoms with Crippen molar-refractivity contribution in [2.75, 3.05) is 13.1 Å². The SMILES string of the molecule is CC1(C)CCC(CC2(CN)CC2)N(C(=O)OC(C)(C)C)C1. The van der Waals surface area contributed by atoms with Gasteiger partial charge in [0.2, 0.25) is 0 Å². The minimum Gasteiger partial charge on any atom is -0.444 e. The van der Waals surface area contributed by atoms with Crippen molar-refractivity contribution >= 4 is 6.09 Å². The van der Waals surface area contributed by atoms with E-state index in [1.165, 1.54) is 12.8 Å².